The van der Waals surface area contributed by atoms with Gasteiger partial charge in [0.15, 0.2) is 0 Å². The molecule has 0 aromatic heterocycles. The Kier molecular flexibility index (Phi) is 13.8. The highest BCUT2D eigenvalue weighted by atomic mass is 28.4. The van der Waals surface area contributed by atoms with E-state index in [1.165, 1.54) is 0 Å². The van der Waals surface area contributed by atoms with Gasteiger partial charge in [-0.05, 0) is 57.7 Å². The summed E-state index contributed by atoms with van der Waals surface area (Å²) in [6.07, 6.45) is 3.02. The van der Waals surface area contributed by atoms with Gasteiger partial charge in [0.25, 0.3) is 0 Å². The third kappa shape index (κ3) is 9.68. The van der Waals surface area contributed by atoms with Gasteiger partial charge in [0.05, 0.1) is 19.8 Å². The minimum atomic E-state index is -3.27. The maximum atomic E-state index is 11.4. The van der Waals surface area contributed by atoms with Gasteiger partial charge in [-0.25, -0.2) is 0 Å². The summed E-state index contributed by atoms with van der Waals surface area (Å²) in [7, 11) is -1.61. The second-order valence-electron chi connectivity index (χ2n) is 6.85. The van der Waals surface area contributed by atoms with Crippen molar-refractivity contribution in [3.8, 4) is 5.75 Å². The zero-order valence-electron chi connectivity index (χ0n) is 19.1. The Morgan fingerprint density at radius 1 is 0.967 bits per heavy atom. The number of benzene rings is 1. The molecule has 1 rings (SSSR count). The van der Waals surface area contributed by atoms with Crippen molar-refractivity contribution in [2.45, 2.75) is 59.7 Å². The molecule has 0 aliphatic carbocycles. The number of aldehydes is 1. The molecular weight excluding hydrogens is 404 g/mol. The topological polar surface area (TPSA) is 72.5 Å². The van der Waals surface area contributed by atoms with Crippen molar-refractivity contribution >= 4 is 15.3 Å². The molecule has 7 nitrogen and oxygen atoms in total. The number of carbonyl (C=O) groups is 1. The second-order valence-corrected chi connectivity index (χ2v) is 8.95. The fourth-order valence-corrected chi connectivity index (χ4v) is 5.14. The molecule has 0 saturated carbocycles. The summed E-state index contributed by atoms with van der Waals surface area (Å²) in [5.41, 5.74) is 1.10. The second kappa shape index (κ2) is 15.5. The Bertz CT molecular complexity index is 550. The number of carbonyl (C=O) groups excluding carboxylic acids is 1. The van der Waals surface area contributed by atoms with Crippen molar-refractivity contribution in [2.24, 2.45) is 5.92 Å². The van der Waals surface area contributed by atoms with E-state index in [0.29, 0.717) is 39.5 Å². The molecule has 0 fully saturated rings. The van der Waals surface area contributed by atoms with Crippen molar-refractivity contribution in [1.29, 1.82) is 0 Å². The Labute approximate surface area is 182 Å². The summed E-state index contributed by atoms with van der Waals surface area (Å²) in [6, 6.07) is 7.83. The SMILES string of the molecule is CCO[Si](OCC)(OCC)O[C@H](CCCCOCc1ccc(OC)cc1)[C@H](C)C=O. The highest BCUT2D eigenvalue weighted by Crippen LogP contribution is 2.22. The molecule has 0 radical (unpaired) electrons. The first kappa shape index (κ1) is 26.7. The van der Waals surface area contributed by atoms with Crippen LogP contribution in [0.15, 0.2) is 24.3 Å². The standard InChI is InChI=1S/C22H38O7Si/c1-6-26-30(27-7-2,28-8-3)29-22(19(4)17-23)11-9-10-16-25-18-20-12-14-21(24-5)15-13-20/h12-15,17,19,22H,6-11,16,18H2,1-5H3/t19-,22-/m1/s1. The normalized spacial score (nSPS) is 13.8. The molecule has 0 saturated heterocycles. The first-order chi connectivity index (χ1) is 14.5. The molecule has 0 amide bonds. The van der Waals surface area contributed by atoms with Crippen LogP contribution in [0.2, 0.25) is 0 Å². The number of hydrogen-bond donors (Lipinski definition) is 0. The van der Waals surface area contributed by atoms with Gasteiger partial charge in [-0.3, -0.25) is 0 Å². The quantitative estimate of drug-likeness (QED) is 0.192. The molecule has 30 heavy (non-hydrogen) atoms. The number of rotatable bonds is 18. The van der Waals surface area contributed by atoms with E-state index in [1.54, 1.807) is 7.11 Å². The zero-order chi connectivity index (χ0) is 22.2. The van der Waals surface area contributed by atoms with Gasteiger partial charge in [0.2, 0.25) is 0 Å². The van der Waals surface area contributed by atoms with Crippen LogP contribution in [-0.2, 0) is 33.8 Å². The molecule has 0 aliphatic heterocycles. The Morgan fingerprint density at radius 2 is 1.57 bits per heavy atom. The molecular formula is C22H38O7Si. The van der Waals surface area contributed by atoms with Gasteiger partial charge in [-0.15, -0.1) is 0 Å². The van der Waals surface area contributed by atoms with Gasteiger partial charge >= 0.3 is 9.05 Å². The van der Waals surface area contributed by atoms with Crippen LogP contribution in [0.3, 0.4) is 0 Å². The lowest BCUT2D eigenvalue weighted by Crippen LogP contribution is -2.52. The van der Waals surface area contributed by atoms with E-state index in [0.717, 1.165) is 30.4 Å². The number of unbranched alkanes of at least 4 members (excludes halogenated alkanes) is 1. The Morgan fingerprint density at radius 3 is 2.07 bits per heavy atom. The van der Waals surface area contributed by atoms with E-state index >= 15 is 0 Å². The lowest BCUT2D eigenvalue weighted by Gasteiger charge is -2.32. The van der Waals surface area contributed by atoms with Gasteiger partial charge in [0.1, 0.15) is 12.0 Å². The van der Waals surface area contributed by atoms with Crippen molar-refractivity contribution < 1.29 is 32.0 Å². The molecule has 8 heteroatoms. The largest absolute Gasteiger partial charge is 0.679 e. The molecule has 1 aromatic rings. The number of ether oxygens (including phenoxy) is 2. The molecule has 0 aliphatic rings. The molecule has 0 heterocycles. The highest BCUT2D eigenvalue weighted by Gasteiger charge is 2.47. The van der Waals surface area contributed by atoms with Crippen LogP contribution in [0.25, 0.3) is 0 Å². The van der Waals surface area contributed by atoms with Crippen LogP contribution in [0.5, 0.6) is 5.75 Å². The fourth-order valence-electron chi connectivity index (χ4n) is 2.92. The van der Waals surface area contributed by atoms with Gasteiger partial charge in [0, 0.05) is 32.3 Å². The number of methoxy groups -OCH3 is 1. The first-order valence-electron chi connectivity index (χ1n) is 10.8. The maximum absolute atomic E-state index is 11.4. The zero-order valence-corrected chi connectivity index (χ0v) is 20.1. The summed E-state index contributed by atoms with van der Waals surface area (Å²) in [5, 5.41) is 0. The predicted molar refractivity (Wildman–Crippen MR) is 117 cm³/mol. The smallest absolute Gasteiger partial charge is 0.497 e. The molecule has 0 bridgehead atoms. The summed E-state index contributed by atoms with van der Waals surface area (Å²) in [6.45, 7) is 9.95. The third-order valence-corrected chi connectivity index (χ3v) is 7.03. The van der Waals surface area contributed by atoms with E-state index in [4.69, 9.17) is 27.2 Å². The van der Waals surface area contributed by atoms with E-state index in [1.807, 2.05) is 52.0 Å². The van der Waals surface area contributed by atoms with Crippen LogP contribution in [-0.4, -0.2) is 55.0 Å². The number of hydrogen-bond acceptors (Lipinski definition) is 7. The molecule has 2 atom stereocenters. The fraction of sp³-hybridized carbons (Fsp3) is 0.682. The Balaban J connectivity index is 2.49. The van der Waals surface area contributed by atoms with Crippen molar-refractivity contribution in [3.63, 3.8) is 0 Å². The van der Waals surface area contributed by atoms with Gasteiger partial charge in [-0.2, -0.15) is 0 Å². The van der Waals surface area contributed by atoms with E-state index in [9.17, 15) is 4.79 Å². The molecule has 172 valence electrons. The predicted octanol–water partition coefficient (Wildman–Crippen LogP) is 4.15. The molecule has 1 aromatic carbocycles. The van der Waals surface area contributed by atoms with Crippen molar-refractivity contribution in [3.05, 3.63) is 29.8 Å². The van der Waals surface area contributed by atoms with Gasteiger partial charge in [-0.1, -0.05) is 19.1 Å². The highest BCUT2D eigenvalue weighted by molar-refractivity contribution is 6.53. The van der Waals surface area contributed by atoms with Crippen molar-refractivity contribution in [2.75, 3.05) is 33.5 Å². The van der Waals surface area contributed by atoms with Gasteiger partial charge < -0.3 is 32.0 Å². The minimum absolute atomic E-state index is 0.279. The van der Waals surface area contributed by atoms with Crippen LogP contribution in [0, 0.1) is 5.92 Å². The lowest BCUT2D eigenvalue weighted by atomic mass is 10.0. The monoisotopic (exact) mass is 442 g/mol. The molecule has 0 unspecified atom stereocenters. The minimum Gasteiger partial charge on any atom is -0.497 e. The van der Waals surface area contributed by atoms with Crippen LogP contribution in [0.1, 0.15) is 52.5 Å². The van der Waals surface area contributed by atoms with E-state index in [-0.39, 0.29) is 12.0 Å². The molecule has 0 N–H and O–H groups in total. The summed E-state index contributed by atoms with van der Waals surface area (Å²) in [4.78, 5) is 11.4. The van der Waals surface area contributed by atoms with Crippen LogP contribution in [0.4, 0.5) is 0 Å². The maximum Gasteiger partial charge on any atom is 0.679 e. The van der Waals surface area contributed by atoms with Crippen LogP contribution >= 0.6 is 0 Å². The summed E-state index contributed by atoms with van der Waals surface area (Å²) in [5.74, 6) is 0.554. The van der Waals surface area contributed by atoms with E-state index in [2.05, 4.69) is 0 Å². The summed E-state index contributed by atoms with van der Waals surface area (Å²) < 4.78 is 34.4. The third-order valence-electron chi connectivity index (χ3n) is 4.52. The van der Waals surface area contributed by atoms with Crippen molar-refractivity contribution in [1.82, 2.24) is 0 Å². The first-order valence-corrected chi connectivity index (χ1v) is 12.4. The molecule has 0 spiro atoms. The van der Waals surface area contributed by atoms with Crippen LogP contribution < -0.4 is 4.74 Å². The lowest BCUT2D eigenvalue weighted by molar-refractivity contribution is -0.116. The average molecular weight is 443 g/mol. The average Bonchev–Trinajstić information content (AvgIpc) is 2.75. The van der Waals surface area contributed by atoms with E-state index < -0.39 is 9.05 Å². The summed E-state index contributed by atoms with van der Waals surface area (Å²) >= 11 is 0. The Hall–Kier alpha value is -1.29.